The van der Waals surface area contributed by atoms with E-state index in [9.17, 15) is 0 Å². The van der Waals surface area contributed by atoms with Crippen molar-refractivity contribution in [3.8, 4) is 22.9 Å². The van der Waals surface area contributed by atoms with E-state index in [1.165, 1.54) is 37.1 Å². The van der Waals surface area contributed by atoms with Crippen LogP contribution in [0.15, 0.2) is 28.7 Å². The second-order valence-corrected chi connectivity index (χ2v) is 9.69. The van der Waals surface area contributed by atoms with Gasteiger partial charge in [-0.2, -0.15) is 0 Å². The third-order valence-corrected chi connectivity index (χ3v) is 7.59. The van der Waals surface area contributed by atoms with Gasteiger partial charge in [0.25, 0.3) is 0 Å². The lowest BCUT2D eigenvalue weighted by Gasteiger charge is -2.25. The minimum absolute atomic E-state index is 0.431. The van der Waals surface area contributed by atoms with E-state index in [-0.39, 0.29) is 0 Å². The molecule has 0 spiro atoms. The van der Waals surface area contributed by atoms with Crippen LogP contribution in [0.3, 0.4) is 0 Å². The highest BCUT2D eigenvalue weighted by atomic mass is 32.2. The van der Waals surface area contributed by atoms with Crippen LogP contribution in [-0.2, 0) is 12.2 Å². The van der Waals surface area contributed by atoms with E-state index in [0.29, 0.717) is 11.8 Å². The van der Waals surface area contributed by atoms with E-state index in [1.54, 1.807) is 37.3 Å². The van der Waals surface area contributed by atoms with Crippen LogP contribution in [0.5, 0.6) is 11.5 Å². The van der Waals surface area contributed by atoms with Gasteiger partial charge in [0.1, 0.15) is 0 Å². The van der Waals surface area contributed by atoms with Gasteiger partial charge in [0.05, 0.1) is 24.9 Å². The Morgan fingerprint density at radius 3 is 2.65 bits per heavy atom. The molecule has 2 heterocycles. The predicted octanol–water partition coefficient (Wildman–Crippen LogP) is 6.17. The number of nitrogens with zero attached hydrogens (tertiary/aromatic N) is 4. The Labute approximate surface area is 192 Å². The largest absolute Gasteiger partial charge is 0.493 e. The van der Waals surface area contributed by atoms with E-state index in [4.69, 9.17) is 14.5 Å². The molecular weight excluding hydrogens is 428 g/mol. The molecule has 0 amide bonds. The van der Waals surface area contributed by atoms with Crippen LogP contribution in [0.4, 0.5) is 0 Å². The molecule has 2 aromatic heterocycles. The molecule has 0 N–H and O–H groups in total. The minimum Gasteiger partial charge on any atom is -0.493 e. The summed E-state index contributed by atoms with van der Waals surface area (Å²) in [7, 11) is 3.32. The molecule has 31 heavy (non-hydrogen) atoms. The first-order chi connectivity index (χ1) is 15.2. The van der Waals surface area contributed by atoms with Gasteiger partial charge in [-0.3, -0.25) is 4.57 Å². The Morgan fingerprint density at radius 1 is 1.10 bits per heavy atom. The molecule has 1 fully saturated rings. The molecule has 1 aliphatic rings. The number of aromatic nitrogens is 4. The Kier molecular flexibility index (Phi) is 7.50. The Hall–Kier alpha value is -2.06. The molecule has 0 atom stereocenters. The number of rotatable bonds is 9. The van der Waals surface area contributed by atoms with Crippen molar-refractivity contribution in [3.63, 3.8) is 0 Å². The molecule has 3 aromatic rings. The zero-order chi connectivity index (χ0) is 21.6. The normalized spacial score (nSPS) is 14.7. The number of methoxy groups -OCH3 is 2. The van der Waals surface area contributed by atoms with E-state index in [0.717, 1.165) is 46.6 Å². The lowest BCUT2D eigenvalue weighted by Crippen LogP contribution is -2.15. The molecule has 8 heteroatoms. The molecule has 166 valence electrons. The molecule has 0 unspecified atom stereocenters. The summed E-state index contributed by atoms with van der Waals surface area (Å²) in [6.07, 6.45) is 8.34. The molecule has 0 aliphatic heterocycles. The fourth-order valence-corrected chi connectivity index (χ4v) is 6.00. The first kappa shape index (κ1) is 22.1. The fraction of sp³-hybridized carbons (Fsp3) is 0.522. The van der Waals surface area contributed by atoms with Gasteiger partial charge < -0.3 is 9.47 Å². The van der Waals surface area contributed by atoms with Crippen LogP contribution < -0.4 is 9.47 Å². The van der Waals surface area contributed by atoms with E-state index in [2.05, 4.69) is 27.1 Å². The standard InChI is InChI=1S/C23H30N4O2S2/c1-4-8-21-24-17(14-30-21)15-31-23-26-25-22(27(23)18-9-6-5-7-10-18)16-11-12-19(28-2)20(13-16)29-3/h11-14,18H,4-10,15H2,1-3H3. The zero-order valence-corrected chi connectivity index (χ0v) is 20.1. The number of thiazole rings is 1. The third-order valence-electron chi connectivity index (χ3n) is 5.66. The predicted molar refractivity (Wildman–Crippen MR) is 126 cm³/mol. The van der Waals surface area contributed by atoms with Crippen LogP contribution in [-0.4, -0.2) is 34.0 Å². The maximum atomic E-state index is 5.52. The fourth-order valence-electron chi connectivity index (χ4n) is 4.10. The highest BCUT2D eigenvalue weighted by Gasteiger charge is 2.24. The summed E-state index contributed by atoms with van der Waals surface area (Å²) >= 11 is 3.49. The van der Waals surface area contributed by atoms with Crippen molar-refractivity contribution >= 4 is 23.1 Å². The van der Waals surface area contributed by atoms with Gasteiger partial charge in [-0.1, -0.05) is 37.9 Å². The monoisotopic (exact) mass is 458 g/mol. The van der Waals surface area contributed by atoms with Gasteiger partial charge in [-0.15, -0.1) is 21.5 Å². The summed E-state index contributed by atoms with van der Waals surface area (Å²) < 4.78 is 13.3. The van der Waals surface area contributed by atoms with Crippen LogP contribution >= 0.6 is 23.1 Å². The molecular formula is C23H30N4O2S2. The third kappa shape index (κ3) is 5.06. The van der Waals surface area contributed by atoms with Crippen molar-refractivity contribution in [1.82, 2.24) is 19.7 Å². The van der Waals surface area contributed by atoms with E-state index < -0.39 is 0 Å². The summed E-state index contributed by atoms with van der Waals surface area (Å²) in [5, 5.41) is 13.6. The molecule has 0 saturated heterocycles. The van der Waals surface area contributed by atoms with Gasteiger partial charge in [0.2, 0.25) is 0 Å². The topological polar surface area (TPSA) is 62.1 Å². The zero-order valence-electron chi connectivity index (χ0n) is 18.5. The molecule has 0 radical (unpaired) electrons. The lowest BCUT2D eigenvalue weighted by atomic mass is 9.95. The summed E-state index contributed by atoms with van der Waals surface area (Å²) in [4.78, 5) is 4.77. The first-order valence-corrected chi connectivity index (χ1v) is 12.8. The van der Waals surface area contributed by atoms with Gasteiger partial charge in [0.15, 0.2) is 22.5 Å². The average molecular weight is 459 g/mol. The SMILES string of the molecule is CCCc1nc(CSc2nnc(-c3ccc(OC)c(OC)c3)n2C2CCCCC2)cs1. The van der Waals surface area contributed by atoms with Crippen LogP contribution in [0.25, 0.3) is 11.4 Å². The summed E-state index contributed by atoms with van der Waals surface area (Å²) in [5.41, 5.74) is 2.13. The summed E-state index contributed by atoms with van der Waals surface area (Å²) in [5.74, 6) is 3.14. The van der Waals surface area contributed by atoms with Gasteiger partial charge in [-0.05, 0) is 43.9 Å². The van der Waals surface area contributed by atoms with Gasteiger partial charge in [-0.25, -0.2) is 4.98 Å². The van der Waals surface area contributed by atoms with Gasteiger partial charge in [0, 0.05) is 22.7 Å². The summed E-state index contributed by atoms with van der Waals surface area (Å²) in [6, 6.07) is 6.40. The van der Waals surface area contributed by atoms with Gasteiger partial charge >= 0.3 is 0 Å². The highest BCUT2D eigenvalue weighted by molar-refractivity contribution is 7.98. The van der Waals surface area contributed by atoms with Crippen molar-refractivity contribution in [2.45, 2.75) is 68.8 Å². The average Bonchev–Trinajstić information content (AvgIpc) is 3.45. The number of thioether (sulfide) groups is 1. The molecule has 1 aliphatic carbocycles. The maximum absolute atomic E-state index is 5.52. The van der Waals surface area contributed by atoms with Crippen LogP contribution in [0, 0.1) is 0 Å². The molecule has 1 aromatic carbocycles. The number of hydrogen-bond acceptors (Lipinski definition) is 7. The number of aryl methyl sites for hydroxylation is 1. The second-order valence-electron chi connectivity index (χ2n) is 7.81. The molecule has 4 rings (SSSR count). The van der Waals surface area contributed by atoms with Crippen LogP contribution in [0.2, 0.25) is 0 Å². The number of ether oxygens (including phenoxy) is 2. The molecule has 6 nitrogen and oxygen atoms in total. The van der Waals surface area contributed by atoms with Crippen molar-refractivity contribution in [2.24, 2.45) is 0 Å². The summed E-state index contributed by atoms with van der Waals surface area (Å²) in [6.45, 7) is 2.19. The Bertz CT molecular complexity index is 995. The van der Waals surface area contributed by atoms with Crippen molar-refractivity contribution < 1.29 is 9.47 Å². The van der Waals surface area contributed by atoms with E-state index >= 15 is 0 Å². The molecule has 1 saturated carbocycles. The van der Waals surface area contributed by atoms with Crippen molar-refractivity contribution in [3.05, 3.63) is 34.3 Å². The van der Waals surface area contributed by atoms with Crippen molar-refractivity contribution in [2.75, 3.05) is 14.2 Å². The highest BCUT2D eigenvalue weighted by Crippen LogP contribution is 2.38. The number of hydrogen-bond donors (Lipinski definition) is 0. The van der Waals surface area contributed by atoms with Crippen molar-refractivity contribution in [1.29, 1.82) is 0 Å². The van der Waals surface area contributed by atoms with Crippen LogP contribution in [0.1, 0.15) is 62.2 Å². The van der Waals surface area contributed by atoms with E-state index in [1.807, 2.05) is 18.2 Å². The molecule has 0 bridgehead atoms. The lowest BCUT2D eigenvalue weighted by molar-refractivity contribution is 0.339. The Morgan fingerprint density at radius 2 is 1.90 bits per heavy atom. The minimum atomic E-state index is 0.431. The number of benzene rings is 1. The second kappa shape index (κ2) is 10.5. The smallest absolute Gasteiger partial charge is 0.192 e. The Balaban J connectivity index is 1.63. The quantitative estimate of drug-likeness (QED) is 0.357. The first-order valence-electron chi connectivity index (χ1n) is 11.0. The maximum Gasteiger partial charge on any atom is 0.192 e.